The molecule has 0 bridgehead atoms. The third-order valence-electron chi connectivity index (χ3n) is 5.30. The van der Waals surface area contributed by atoms with E-state index in [2.05, 4.69) is 36.7 Å². The van der Waals surface area contributed by atoms with Crippen molar-refractivity contribution in [3.63, 3.8) is 0 Å². The number of anilines is 2. The van der Waals surface area contributed by atoms with Crippen LogP contribution in [-0.4, -0.2) is 50.3 Å². The molecule has 3 aromatic heterocycles. The molecule has 4 rings (SSSR count). The molecule has 10 heteroatoms. The van der Waals surface area contributed by atoms with Gasteiger partial charge in [0.2, 0.25) is 5.95 Å². The van der Waals surface area contributed by atoms with Gasteiger partial charge in [-0.25, -0.2) is 4.98 Å². The van der Waals surface area contributed by atoms with E-state index in [1.807, 2.05) is 32.2 Å². The second-order valence-electron chi connectivity index (χ2n) is 7.93. The second-order valence-corrected chi connectivity index (χ2v) is 7.93. The van der Waals surface area contributed by atoms with E-state index in [9.17, 15) is 13.2 Å². The quantitative estimate of drug-likeness (QED) is 0.596. The molecule has 31 heavy (non-hydrogen) atoms. The van der Waals surface area contributed by atoms with E-state index in [1.165, 1.54) is 0 Å². The van der Waals surface area contributed by atoms with Gasteiger partial charge in [0.15, 0.2) is 17.0 Å². The van der Waals surface area contributed by atoms with Crippen LogP contribution in [0.15, 0.2) is 36.7 Å². The first-order valence-corrected chi connectivity index (χ1v) is 10.0. The lowest BCUT2D eigenvalue weighted by Crippen LogP contribution is -2.23. The SMILES string of the molecule is C=C(CNc1nc(N2CCC(c3cccc(C)n3)C2)nc2c1ncn2C)CC(F)(F)F. The van der Waals surface area contributed by atoms with Crippen LogP contribution in [-0.2, 0) is 7.05 Å². The van der Waals surface area contributed by atoms with Gasteiger partial charge in [-0.1, -0.05) is 12.6 Å². The summed E-state index contributed by atoms with van der Waals surface area (Å²) < 4.78 is 39.6. The zero-order valence-corrected chi connectivity index (χ0v) is 17.4. The number of hydrogen-bond acceptors (Lipinski definition) is 6. The molecule has 1 saturated heterocycles. The summed E-state index contributed by atoms with van der Waals surface area (Å²) in [5, 5.41) is 2.97. The number of halogens is 3. The number of fused-ring (bicyclic) bond motifs is 1. The first kappa shape index (κ1) is 21.1. The molecule has 0 radical (unpaired) electrons. The van der Waals surface area contributed by atoms with Crippen molar-refractivity contribution < 1.29 is 13.2 Å². The topological polar surface area (TPSA) is 71.8 Å². The van der Waals surface area contributed by atoms with Crippen molar-refractivity contribution >= 4 is 22.9 Å². The fraction of sp³-hybridized carbons (Fsp3) is 0.429. The summed E-state index contributed by atoms with van der Waals surface area (Å²) in [7, 11) is 1.82. The van der Waals surface area contributed by atoms with Gasteiger partial charge in [0.1, 0.15) is 0 Å². The van der Waals surface area contributed by atoms with Crippen LogP contribution >= 0.6 is 0 Å². The van der Waals surface area contributed by atoms with E-state index in [0.717, 1.165) is 30.9 Å². The van der Waals surface area contributed by atoms with Gasteiger partial charge >= 0.3 is 6.18 Å². The molecule has 4 heterocycles. The van der Waals surface area contributed by atoms with Crippen LogP contribution in [0.1, 0.15) is 30.1 Å². The Kier molecular flexibility index (Phi) is 5.55. The van der Waals surface area contributed by atoms with Gasteiger partial charge in [0.05, 0.1) is 12.7 Å². The number of rotatable bonds is 6. The van der Waals surface area contributed by atoms with Crippen molar-refractivity contribution in [3.05, 3.63) is 48.1 Å². The molecule has 1 fully saturated rings. The highest BCUT2D eigenvalue weighted by Crippen LogP contribution is 2.31. The first-order valence-electron chi connectivity index (χ1n) is 10.0. The molecule has 1 aliphatic rings. The third kappa shape index (κ3) is 4.78. The Labute approximate surface area is 178 Å². The Morgan fingerprint density at radius 2 is 2.06 bits per heavy atom. The van der Waals surface area contributed by atoms with Crippen LogP contribution in [0.5, 0.6) is 0 Å². The maximum atomic E-state index is 12.6. The molecule has 1 atom stereocenters. The summed E-state index contributed by atoms with van der Waals surface area (Å²) in [4.78, 5) is 20.3. The molecule has 0 aromatic carbocycles. The van der Waals surface area contributed by atoms with Crippen LogP contribution in [0.25, 0.3) is 11.2 Å². The van der Waals surface area contributed by atoms with Crippen molar-refractivity contribution in [1.29, 1.82) is 0 Å². The molecule has 1 unspecified atom stereocenters. The Bertz CT molecular complexity index is 1110. The summed E-state index contributed by atoms with van der Waals surface area (Å²) in [5.41, 5.74) is 3.19. The normalized spacial score (nSPS) is 16.8. The zero-order chi connectivity index (χ0) is 22.2. The predicted molar refractivity (Wildman–Crippen MR) is 113 cm³/mol. The Balaban J connectivity index is 1.56. The van der Waals surface area contributed by atoms with Gasteiger partial charge in [-0.2, -0.15) is 23.1 Å². The van der Waals surface area contributed by atoms with E-state index in [-0.39, 0.29) is 18.0 Å². The van der Waals surface area contributed by atoms with Crippen molar-refractivity contribution in [2.24, 2.45) is 7.05 Å². The van der Waals surface area contributed by atoms with Gasteiger partial charge < -0.3 is 14.8 Å². The number of pyridine rings is 1. The maximum absolute atomic E-state index is 12.6. The molecule has 164 valence electrons. The van der Waals surface area contributed by atoms with Gasteiger partial charge in [-0.3, -0.25) is 4.98 Å². The van der Waals surface area contributed by atoms with Crippen LogP contribution < -0.4 is 10.2 Å². The molecule has 1 N–H and O–H groups in total. The lowest BCUT2D eigenvalue weighted by atomic mass is 10.0. The predicted octanol–water partition coefficient (Wildman–Crippen LogP) is 3.98. The standard InChI is InChI=1S/C21H24F3N7/c1-13(9-21(22,23)24)10-25-18-17-19(30(3)12-26-17)29-20(28-18)31-8-7-15(11-31)16-6-4-5-14(2)27-16/h4-6,12,15H,1,7-11H2,2-3H3,(H,25,28,29). The Morgan fingerprint density at radius 1 is 1.26 bits per heavy atom. The number of nitrogens with zero attached hydrogens (tertiary/aromatic N) is 6. The molecule has 1 aliphatic heterocycles. The minimum atomic E-state index is -4.29. The summed E-state index contributed by atoms with van der Waals surface area (Å²) in [6, 6.07) is 6.01. The van der Waals surface area contributed by atoms with E-state index < -0.39 is 12.6 Å². The summed E-state index contributed by atoms with van der Waals surface area (Å²) in [6.45, 7) is 6.94. The number of nitrogens with one attached hydrogen (secondary N) is 1. The van der Waals surface area contributed by atoms with Crippen LogP contribution in [0.2, 0.25) is 0 Å². The second kappa shape index (κ2) is 8.16. The molecule has 0 saturated carbocycles. The lowest BCUT2D eigenvalue weighted by Gasteiger charge is -2.18. The van der Waals surface area contributed by atoms with Gasteiger partial charge in [-0.05, 0) is 31.1 Å². The van der Waals surface area contributed by atoms with Crippen molar-refractivity contribution in [1.82, 2.24) is 24.5 Å². The fourth-order valence-electron chi connectivity index (χ4n) is 3.79. The highest BCUT2D eigenvalue weighted by molar-refractivity contribution is 5.84. The molecule has 0 spiro atoms. The summed E-state index contributed by atoms with van der Waals surface area (Å²) in [5.74, 6) is 1.20. The Hall–Kier alpha value is -3.17. The van der Waals surface area contributed by atoms with Crippen molar-refractivity contribution in [2.45, 2.75) is 31.9 Å². The number of hydrogen-bond donors (Lipinski definition) is 1. The monoisotopic (exact) mass is 431 g/mol. The molecule has 0 aliphatic carbocycles. The fourth-order valence-corrected chi connectivity index (χ4v) is 3.79. The number of aromatic nitrogens is 5. The smallest absolute Gasteiger partial charge is 0.364 e. The van der Waals surface area contributed by atoms with Gasteiger partial charge in [0, 0.05) is 44.0 Å². The lowest BCUT2D eigenvalue weighted by molar-refractivity contribution is -0.127. The molecular formula is C21H24F3N7. The summed E-state index contributed by atoms with van der Waals surface area (Å²) >= 11 is 0. The van der Waals surface area contributed by atoms with E-state index in [1.54, 1.807) is 10.9 Å². The van der Waals surface area contributed by atoms with E-state index >= 15 is 0 Å². The van der Waals surface area contributed by atoms with E-state index in [4.69, 9.17) is 0 Å². The highest BCUT2D eigenvalue weighted by Gasteiger charge is 2.29. The largest absolute Gasteiger partial charge is 0.392 e. The van der Waals surface area contributed by atoms with Gasteiger partial charge in [-0.15, -0.1) is 0 Å². The zero-order valence-electron chi connectivity index (χ0n) is 17.4. The van der Waals surface area contributed by atoms with Crippen LogP contribution in [0.4, 0.5) is 24.9 Å². The average Bonchev–Trinajstić information content (AvgIpc) is 3.32. The van der Waals surface area contributed by atoms with Crippen LogP contribution in [0, 0.1) is 6.92 Å². The first-order chi connectivity index (χ1) is 14.7. The van der Waals surface area contributed by atoms with Crippen molar-refractivity contribution in [3.8, 4) is 0 Å². The third-order valence-corrected chi connectivity index (χ3v) is 5.30. The number of imidazole rings is 1. The molecule has 3 aromatic rings. The molecule has 0 amide bonds. The van der Waals surface area contributed by atoms with Crippen LogP contribution in [0.3, 0.4) is 0 Å². The average molecular weight is 431 g/mol. The highest BCUT2D eigenvalue weighted by atomic mass is 19.4. The Morgan fingerprint density at radius 3 is 2.81 bits per heavy atom. The molecule has 7 nitrogen and oxygen atoms in total. The van der Waals surface area contributed by atoms with E-state index in [0.29, 0.717) is 22.9 Å². The minimum Gasteiger partial charge on any atom is -0.364 e. The number of alkyl halides is 3. The van der Waals surface area contributed by atoms with Gasteiger partial charge in [0.25, 0.3) is 0 Å². The number of aryl methyl sites for hydroxylation is 2. The maximum Gasteiger partial charge on any atom is 0.392 e. The summed E-state index contributed by atoms with van der Waals surface area (Å²) in [6.07, 6.45) is -2.79. The van der Waals surface area contributed by atoms with Crippen molar-refractivity contribution in [2.75, 3.05) is 29.9 Å². The molecular weight excluding hydrogens is 407 g/mol. The minimum absolute atomic E-state index is 0.0310.